The van der Waals surface area contributed by atoms with Gasteiger partial charge >= 0.3 is 5.97 Å². The smallest absolute Gasteiger partial charge is 0.305 e. The number of nitrogens with one attached hydrogen (secondary N) is 1. The van der Waals surface area contributed by atoms with Gasteiger partial charge in [0.1, 0.15) is 0 Å². The van der Waals surface area contributed by atoms with Crippen LogP contribution >= 0.6 is 0 Å². The van der Waals surface area contributed by atoms with E-state index in [1.807, 2.05) is 0 Å². The highest BCUT2D eigenvalue weighted by atomic mass is 16.4. The van der Waals surface area contributed by atoms with Gasteiger partial charge in [-0.25, -0.2) is 0 Å². The molecule has 2 aliphatic rings. The molecule has 0 aromatic heterocycles. The molecular formula is C14H26N2O2. The molecule has 0 radical (unpaired) electrons. The number of carboxylic acid groups (broad SMARTS) is 1. The third-order valence-electron chi connectivity index (χ3n) is 5.38. The summed E-state index contributed by atoms with van der Waals surface area (Å²) >= 11 is 0. The van der Waals surface area contributed by atoms with Gasteiger partial charge in [-0.1, -0.05) is 26.7 Å². The summed E-state index contributed by atoms with van der Waals surface area (Å²) in [5, 5.41) is 12.3. The van der Waals surface area contributed by atoms with E-state index in [0.717, 1.165) is 26.2 Å². The van der Waals surface area contributed by atoms with Crippen LogP contribution in [0, 0.1) is 5.41 Å². The highest BCUT2D eigenvalue weighted by Crippen LogP contribution is 2.40. The zero-order chi connectivity index (χ0) is 13.2. The Hall–Kier alpha value is -0.610. The van der Waals surface area contributed by atoms with Gasteiger partial charge in [-0.05, 0) is 31.3 Å². The van der Waals surface area contributed by atoms with E-state index in [0.29, 0.717) is 5.41 Å². The standard InChI is InChI=1S/C14H26N2O2/c1-3-13(4-2)5-7-16(8-6-13)14(9-12(17)18)10-15-11-14/h15H,3-11H2,1-2H3,(H,17,18). The first-order chi connectivity index (χ1) is 8.56. The van der Waals surface area contributed by atoms with Crippen molar-refractivity contribution in [2.75, 3.05) is 26.2 Å². The first-order valence-electron chi connectivity index (χ1n) is 7.23. The van der Waals surface area contributed by atoms with E-state index in [1.54, 1.807) is 0 Å². The second-order valence-corrected chi connectivity index (χ2v) is 6.09. The number of carboxylic acids is 1. The van der Waals surface area contributed by atoms with Gasteiger partial charge in [0.2, 0.25) is 0 Å². The summed E-state index contributed by atoms with van der Waals surface area (Å²) in [6, 6.07) is 0. The Labute approximate surface area is 110 Å². The van der Waals surface area contributed by atoms with Crippen LogP contribution in [0.1, 0.15) is 46.0 Å². The van der Waals surface area contributed by atoms with Crippen molar-refractivity contribution in [2.45, 2.75) is 51.5 Å². The minimum Gasteiger partial charge on any atom is -0.481 e. The Balaban J connectivity index is 1.98. The van der Waals surface area contributed by atoms with E-state index >= 15 is 0 Å². The summed E-state index contributed by atoms with van der Waals surface area (Å²) in [5.41, 5.74) is 0.414. The Bertz CT molecular complexity index is 299. The van der Waals surface area contributed by atoms with Gasteiger partial charge in [0, 0.05) is 13.1 Å². The van der Waals surface area contributed by atoms with Gasteiger partial charge in [0.05, 0.1) is 12.0 Å². The average Bonchev–Trinajstić information content (AvgIpc) is 2.34. The van der Waals surface area contributed by atoms with Crippen molar-refractivity contribution in [3.63, 3.8) is 0 Å². The number of carbonyl (C=O) groups is 1. The summed E-state index contributed by atoms with van der Waals surface area (Å²) in [6.45, 7) is 8.39. The fourth-order valence-electron chi connectivity index (χ4n) is 3.57. The minimum absolute atomic E-state index is 0.0977. The summed E-state index contributed by atoms with van der Waals surface area (Å²) in [7, 11) is 0. The highest BCUT2D eigenvalue weighted by molar-refractivity contribution is 5.68. The molecule has 0 atom stereocenters. The van der Waals surface area contributed by atoms with Gasteiger partial charge in [-0.3, -0.25) is 9.69 Å². The van der Waals surface area contributed by atoms with E-state index in [4.69, 9.17) is 5.11 Å². The molecule has 2 rings (SSSR count). The van der Waals surface area contributed by atoms with Crippen molar-refractivity contribution in [3.05, 3.63) is 0 Å². The van der Waals surface area contributed by atoms with E-state index in [1.165, 1.54) is 25.7 Å². The normalized spacial score (nSPS) is 26.6. The van der Waals surface area contributed by atoms with Crippen molar-refractivity contribution in [2.24, 2.45) is 5.41 Å². The number of hydrogen-bond donors (Lipinski definition) is 2. The van der Waals surface area contributed by atoms with Crippen molar-refractivity contribution < 1.29 is 9.90 Å². The average molecular weight is 254 g/mol. The molecule has 104 valence electrons. The number of hydrogen-bond acceptors (Lipinski definition) is 3. The van der Waals surface area contributed by atoms with Crippen LogP contribution in [0.25, 0.3) is 0 Å². The molecule has 0 spiro atoms. The maximum Gasteiger partial charge on any atom is 0.305 e. The fourth-order valence-corrected chi connectivity index (χ4v) is 3.57. The summed E-state index contributed by atoms with van der Waals surface area (Å²) in [6.07, 6.45) is 5.23. The molecule has 0 saturated carbocycles. The number of likely N-dealkylation sites (tertiary alicyclic amines) is 1. The Morgan fingerprint density at radius 3 is 2.11 bits per heavy atom. The quantitative estimate of drug-likeness (QED) is 0.784. The predicted octanol–water partition coefficient (Wildman–Crippen LogP) is 1.71. The summed E-state index contributed by atoms with van der Waals surface area (Å²) < 4.78 is 0. The zero-order valence-electron chi connectivity index (χ0n) is 11.7. The molecule has 0 unspecified atom stereocenters. The topological polar surface area (TPSA) is 52.6 Å². The van der Waals surface area contributed by atoms with E-state index in [9.17, 15) is 4.79 Å². The van der Waals surface area contributed by atoms with E-state index in [2.05, 4.69) is 24.1 Å². The molecule has 4 nitrogen and oxygen atoms in total. The molecule has 4 heteroatoms. The second-order valence-electron chi connectivity index (χ2n) is 6.09. The molecule has 2 fully saturated rings. The van der Waals surface area contributed by atoms with Crippen LogP contribution in [0.2, 0.25) is 0 Å². The molecule has 2 aliphatic heterocycles. The zero-order valence-corrected chi connectivity index (χ0v) is 11.7. The van der Waals surface area contributed by atoms with Gasteiger partial charge in [0.25, 0.3) is 0 Å². The molecule has 2 N–H and O–H groups in total. The van der Waals surface area contributed by atoms with Crippen LogP contribution in [0.4, 0.5) is 0 Å². The van der Waals surface area contributed by atoms with Gasteiger partial charge in [-0.2, -0.15) is 0 Å². The lowest BCUT2D eigenvalue weighted by Gasteiger charge is -2.54. The largest absolute Gasteiger partial charge is 0.481 e. The van der Waals surface area contributed by atoms with Crippen LogP contribution in [0.15, 0.2) is 0 Å². The summed E-state index contributed by atoms with van der Waals surface area (Å²) in [5.74, 6) is -0.667. The van der Waals surface area contributed by atoms with Crippen LogP contribution in [-0.4, -0.2) is 47.7 Å². The molecule has 2 heterocycles. The van der Waals surface area contributed by atoms with Gasteiger partial charge < -0.3 is 10.4 Å². The Kier molecular flexibility index (Phi) is 3.97. The van der Waals surface area contributed by atoms with Crippen LogP contribution < -0.4 is 5.32 Å². The van der Waals surface area contributed by atoms with Gasteiger partial charge in [0.15, 0.2) is 0 Å². The first kappa shape index (κ1) is 13.8. The SMILES string of the molecule is CCC1(CC)CCN(C2(CC(=O)O)CNC2)CC1. The highest BCUT2D eigenvalue weighted by Gasteiger charge is 2.46. The molecule has 0 aromatic rings. The molecule has 2 saturated heterocycles. The van der Waals surface area contributed by atoms with Crippen molar-refractivity contribution in [3.8, 4) is 0 Å². The van der Waals surface area contributed by atoms with E-state index < -0.39 is 5.97 Å². The molecule has 0 amide bonds. The Morgan fingerprint density at radius 1 is 1.22 bits per heavy atom. The number of aliphatic carboxylic acids is 1. The first-order valence-corrected chi connectivity index (χ1v) is 7.23. The Morgan fingerprint density at radius 2 is 1.78 bits per heavy atom. The molecular weight excluding hydrogens is 228 g/mol. The van der Waals surface area contributed by atoms with E-state index in [-0.39, 0.29) is 12.0 Å². The maximum absolute atomic E-state index is 11.0. The van der Waals surface area contributed by atoms with Crippen LogP contribution in [-0.2, 0) is 4.79 Å². The maximum atomic E-state index is 11.0. The van der Waals surface area contributed by atoms with Crippen molar-refractivity contribution >= 4 is 5.97 Å². The molecule has 0 aromatic carbocycles. The number of rotatable bonds is 5. The van der Waals surface area contributed by atoms with Crippen LogP contribution in [0.5, 0.6) is 0 Å². The third kappa shape index (κ3) is 2.41. The van der Waals surface area contributed by atoms with Crippen molar-refractivity contribution in [1.29, 1.82) is 0 Å². The third-order valence-corrected chi connectivity index (χ3v) is 5.38. The van der Waals surface area contributed by atoms with Crippen LogP contribution in [0.3, 0.4) is 0 Å². The number of piperidine rings is 1. The second kappa shape index (κ2) is 5.17. The lowest BCUT2D eigenvalue weighted by molar-refractivity contribution is -0.142. The molecule has 18 heavy (non-hydrogen) atoms. The predicted molar refractivity (Wildman–Crippen MR) is 71.7 cm³/mol. The lowest BCUT2D eigenvalue weighted by atomic mass is 9.72. The van der Waals surface area contributed by atoms with Gasteiger partial charge in [-0.15, -0.1) is 0 Å². The fraction of sp³-hybridized carbons (Fsp3) is 0.929. The molecule has 0 bridgehead atoms. The van der Waals surface area contributed by atoms with Crippen molar-refractivity contribution in [1.82, 2.24) is 10.2 Å². The monoisotopic (exact) mass is 254 g/mol. The number of nitrogens with zero attached hydrogens (tertiary/aromatic N) is 1. The summed E-state index contributed by atoms with van der Waals surface area (Å²) in [4.78, 5) is 13.5. The minimum atomic E-state index is -0.667. The lowest BCUT2D eigenvalue weighted by Crippen LogP contribution is -2.71. The molecule has 0 aliphatic carbocycles.